The summed E-state index contributed by atoms with van der Waals surface area (Å²) in [5, 5.41) is 10.4. The van der Waals surface area contributed by atoms with E-state index in [0.717, 1.165) is 4.88 Å². The van der Waals surface area contributed by atoms with Crippen molar-refractivity contribution in [3.05, 3.63) is 40.2 Å². The van der Waals surface area contributed by atoms with E-state index in [4.69, 9.17) is 0 Å². The van der Waals surface area contributed by atoms with Crippen molar-refractivity contribution in [1.82, 2.24) is 4.98 Å². The lowest BCUT2D eigenvalue weighted by molar-refractivity contribution is 0.0606. The molecule has 0 saturated heterocycles. The van der Waals surface area contributed by atoms with E-state index in [1.54, 1.807) is 12.1 Å². The van der Waals surface area contributed by atoms with Gasteiger partial charge in [0.25, 0.3) is 0 Å². The van der Waals surface area contributed by atoms with Gasteiger partial charge in [0.15, 0.2) is 0 Å². The highest BCUT2D eigenvalue weighted by molar-refractivity contribution is 7.26. The predicted molar refractivity (Wildman–Crippen MR) is 93.0 cm³/mol. The van der Waals surface area contributed by atoms with E-state index in [2.05, 4.69) is 15.8 Å². The molecule has 0 amide bonds. The molecule has 0 radical (unpaired) electrons. The van der Waals surface area contributed by atoms with Crippen LogP contribution in [-0.2, 0) is 4.74 Å². The van der Waals surface area contributed by atoms with Crippen LogP contribution in [0.1, 0.15) is 40.6 Å². The number of ether oxygens (including phenoxy) is 1. The summed E-state index contributed by atoms with van der Waals surface area (Å²) in [6, 6.07) is 5.45. The van der Waals surface area contributed by atoms with E-state index in [0.29, 0.717) is 31.1 Å². The van der Waals surface area contributed by atoms with E-state index in [9.17, 15) is 14.4 Å². The summed E-state index contributed by atoms with van der Waals surface area (Å²) in [7, 11) is 1.31. The first-order valence-corrected chi connectivity index (χ1v) is 8.80. The summed E-state index contributed by atoms with van der Waals surface area (Å²) in [6.07, 6.45) is 1.44. The third-order valence-electron chi connectivity index (χ3n) is 3.61. The molecule has 0 aliphatic heterocycles. The molecule has 0 saturated carbocycles. The summed E-state index contributed by atoms with van der Waals surface area (Å²) >= 11 is 2.49. The number of thiophene rings is 1. The van der Waals surface area contributed by atoms with Gasteiger partial charge >= 0.3 is 5.97 Å². The van der Waals surface area contributed by atoms with Crippen LogP contribution in [0.15, 0.2) is 18.3 Å². The number of rotatable bonds is 3. The smallest absolute Gasteiger partial charge is 0.349 e. The highest BCUT2D eigenvalue weighted by atomic mass is 32.1. The predicted octanol–water partition coefficient (Wildman–Crippen LogP) is 4.95. The van der Waals surface area contributed by atoms with Gasteiger partial charge in [-0.05, 0) is 23.6 Å². The van der Waals surface area contributed by atoms with Crippen molar-refractivity contribution in [3.8, 4) is 16.0 Å². The Hall–Kier alpha value is -2.30. The Morgan fingerprint density at radius 1 is 1.38 bits per heavy atom. The van der Waals surface area contributed by atoms with Crippen LogP contribution in [0.2, 0.25) is 0 Å². The highest BCUT2D eigenvalue weighted by Gasteiger charge is 2.20. The van der Waals surface area contributed by atoms with E-state index in [-0.39, 0.29) is 11.7 Å². The van der Waals surface area contributed by atoms with Gasteiger partial charge in [0, 0.05) is 5.39 Å². The molecule has 0 spiro atoms. The molecule has 0 unspecified atom stereocenters. The second kappa shape index (κ2) is 6.30. The van der Waals surface area contributed by atoms with Gasteiger partial charge in [0.1, 0.15) is 21.8 Å². The number of benzene rings is 1. The van der Waals surface area contributed by atoms with E-state index >= 15 is 0 Å². The van der Waals surface area contributed by atoms with Gasteiger partial charge in [-0.3, -0.25) is 0 Å². The van der Waals surface area contributed by atoms with Crippen molar-refractivity contribution in [3.63, 3.8) is 0 Å². The largest absolute Gasteiger partial charge is 0.465 e. The SMILES string of the molecule is COC(=O)c1cnc(-c2cc3c(F)c(C(C)C)cc(C#N)c3s2)s1. The molecule has 1 aromatic carbocycles. The maximum atomic E-state index is 14.8. The number of carbonyl (C=O) groups is 1. The summed E-state index contributed by atoms with van der Waals surface area (Å²) < 4.78 is 20.0. The van der Waals surface area contributed by atoms with Gasteiger partial charge in [-0.25, -0.2) is 14.2 Å². The zero-order valence-electron chi connectivity index (χ0n) is 13.2. The van der Waals surface area contributed by atoms with Crippen LogP contribution in [-0.4, -0.2) is 18.1 Å². The van der Waals surface area contributed by atoms with Crippen molar-refractivity contribution in [2.24, 2.45) is 0 Å². The van der Waals surface area contributed by atoms with Gasteiger partial charge in [-0.1, -0.05) is 13.8 Å². The van der Waals surface area contributed by atoms with Crippen LogP contribution >= 0.6 is 22.7 Å². The Bertz CT molecular complexity index is 983. The number of hydrogen-bond donors (Lipinski definition) is 0. The summed E-state index contributed by atoms with van der Waals surface area (Å²) in [5.41, 5.74) is 0.980. The van der Waals surface area contributed by atoms with Crippen molar-refractivity contribution in [2.75, 3.05) is 7.11 Å². The van der Waals surface area contributed by atoms with Gasteiger partial charge in [-0.2, -0.15) is 5.26 Å². The third kappa shape index (κ3) is 2.68. The number of halogens is 1. The quantitative estimate of drug-likeness (QED) is 0.620. The second-order valence-electron chi connectivity index (χ2n) is 5.47. The number of hydrogen-bond acceptors (Lipinski definition) is 6. The molecule has 4 nitrogen and oxygen atoms in total. The zero-order chi connectivity index (χ0) is 17.4. The Balaban J connectivity index is 2.18. The first-order chi connectivity index (χ1) is 11.5. The molecule has 2 aromatic heterocycles. The molecule has 122 valence electrons. The fourth-order valence-electron chi connectivity index (χ4n) is 2.39. The minimum absolute atomic E-state index is 0.0179. The fourth-order valence-corrected chi connectivity index (χ4v) is 4.39. The number of thiazole rings is 1. The zero-order valence-corrected chi connectivity index (χ0v) is 14.8. The molecule has 3 aromatic rings. The lowest BCUT2D eigenvalue weighted by Gasteiger charge is -2.08. The third-order valence-corrected chi connectivity index (χ3v) is 5.93. The molecule has 0 N–H and O–H groups in total. The minimum atomic E-state index is -0.453. The monoisotopic (exact) mass is 360 g/mol. The molecular formula is C17H13FN2O2S2. The molecular weight excluding hydrogens is 347 g/mol. The van der Waals surface area contributed by atoms with Crippen molar-refractivity contribution in [2.45, 2.75) is 19.8 Å². The van der Waals surface area contributed by atoms with Crippen LogP contribution in [0.3, 0.4) is 0 Å². The summed E-state index contributed by atoms with van der Waals surface area (Å²) in [5.74, 6) is -0.771. The average molecular weight is 360 g/mol. The molecule has 2 heterocycles. The van der Waals surface area contributed by atoms with E-state index in [1.165, 1.54) is 36.0 Å². The number of nitriles is 1. The number of esters is 1. The number of nitrogens with zero attached hydrogens (tertiary/aromatic N) is 2. The summed E-state index contributed by atoms with van der Waals surface area (Å²) in [4.78, 5) is 16.9. The fraction of sp³-hybridized carbons (Fsp3) is 0.235. The molecule has 3 rings (SSSR count). The maximum Gasteiger partial charge on any atom is 0.349 e. The summed E-state index contributed by atoms with van der Waals surface area (Å²) in [6.45, 7) is 3.78. The Morgan fingerprint density at radius 2 is 2.12 bits per heavy atom. The number of aromatic nitrogens is 1. The Labute approximate surface area is 146 Å². The lowest BCUT2D eigenvalue weighted by Crippen LogP contribution is -1.96. The second-order valence-corrected chi connectivity index (χ2v) is 7.55. The van der Waals surface area contributed by atoms with Gasteiger partial charge in [0.05, 0.1) is 28.4 Å². The lowest BCUT2D eigenvalue weighted by atomic mass is 9.98. The maximum absolute atomic E-state index is 14.8. The first-order valence-electron chi connectivity index (χ1n) is 7.16. The highest BCUT2D eigenvalue weighted by Crippen LogP contribution is 2.40. The molecule has 24 heavy (non-hydrogen) atoms. The number of methoxy groups -OCH3 is 1. The van der Waals surface area contributed by atoms with Crippen molar-refractivity contribution >= 4 is 38.7 Å². The van der Waals surface area contributed by atoms with Crippen molar-refractivity contribution in [1.29, 1.82) is 5.26 Å². The van der Waals surface area contributed by atoms with Crippen LogP contribution in [0.4, 0.5) is 4.39 Å². The van der Waals surface area contributed by atoms with Crippen LogP contribution in [0.5, 0.6) is 0 Å². The topological polar surface area (TPSA) is 63.0 Å². The standard InChI is InChI=1S/C17H13FN2O2S2/c1-8(2)10-4-9(6-19)15-11(14(10)18)5-12(23-15)16-20-7-13(24-16)17(21)22-3/h4-5,7-8H,1-3H3. The van der Waals surface area contributed by atoms with Crippen molar-refractivity contribution < 1.29 is 13.9 Å². The molecule has 0 aliphatic rings. The van der Waals surface area contributed by atoms with Gasteiger partial charge in [-0.15, -0.1) is 22.7 Å². The Morgan fingerprint density at radius 3 is 2.75 bits per heavy atom. The molecule has 0 aliphatic carbocycles. The number of carbonyl (C=O) groups excluding carboxylic acids is 1. The van der Waals surface area contributed by atoms with Crippen LogP contribution in [0, 0.1) is 17.1 Å². The number of fused-ring (bicyclic) bond motifs is 1. The molecule has 0 bridgehead atoms. The van der Waals surface area contributed by atoms with Crippen LogP contribution < -0.4 is 0 Å². The normalized spacial score (nSPS) is 11.0. The minimum Gasteiger partial charge on any atom is -0.465 e. The van der Waals surface area contributed by atoms with E-state index in [1.807, 2.05) is 13.8 Å². The first kappa shape index (κ1) is 16.6. The van der Waals surface area contributed by atoms with Crippen LogP contribution in [0.25, 0.3) is 20.0 Å². The average Bonchev–Trinajstić information content (AvgIpc) is 3.21. The van der Waals surface area contributed by atoms with E-state index < -0.39 is 5.97 Å². The van der Waals surface area contributed by atoms with Gasteiger partial charge < -0.3 is 4.74 Å². The molecule has 7 heteroatoms. The van der Waals surface area contributed by atoms with Gasteiger partial charge in [0.2, 0.25) is 0 Å². The molecule has 0 atom stereocenters. The Kier molecular flexibility index (Phi) is 4.35. The molecule has 0 fully saturated rings.